The maximum absolute atomic E-state index is 14.7. The van der Waals surface area contributed by atoms with Gasteiger partial charge in [0.25, 0.3) is 0 Å². The molecule has 1 saturated carbocycles. The van der Waals surface area contributed by atoms with Gasteiger partial charge in [0.15, 0.2) is 5.78 Å². The molecule has 1 N–H and O–H groups in total. The first kappa shape index (κ1) is 28.7. The van der Waals surface area contributed by atoms with Gasteiger partial charge in [-0.25, -0.2) is 4.79 Å². The second kappa shape index (κ2) is 11.2. The van der Waals surface area contributed by atoms with E-state index in [0.29, 0.717) is 28.4 Å². The van der Waals surface area contributed by atoms with Gasteiger partial charge in [0, 0.05) is 11.8 Å². The van der Waals surface area contributed by atoms with Gasteiger partial charge in [0.2, 0.25) is 5.91 Å². The van der Waals surface area contributed by atoms with E-state index in [1.807, 2.05) is 43.3 Å². The van der Waals surface area contributed by atoms with Gasteiger partial charge in [0.1, 0.15) is 22.8 Å². The van der Waals surface area contributed by atoms with Crippen molar-refractivity contribution in [1.29, 1.82) is 0 Å². The molecule has 7 nitrogen and oxygen atoms in total. The van der Waals surface area contributed by atoms with Crippen LogP contribution in [0.25, 0.3) is 0 Å². The summed E-state index contributed by atoms with van der Waals surface area (Å²) in [6.45, 7) is 7.12. The topological polar surface area (TPSA) is 97.0 Å². The van der Waals surface area contributed by atoms with Crippen molar-refractivity contribution in [2.45, 2.75) is 77.3 Å². The first-order valence-corrected chi connectivity index (χ1v) is 14.5. The van der Waals surface area contributed by atoms with Crippen LogP contribution in [0.2, 0.25) is 0 Å². The Hall–Kier alpha value is -3.87. The SMILES string of the molecule is COc1ccc(C2C(C(=O)c3cc(C)oc3C)C(c3cccc(C)c3)N(C(=O)C3CCCCC3)C2(C)C(=O)O)cc1. The molecule has 0 bridgehead atoms. The number of Topliss-reactive ketones (excluding diaryl/α,β-unsaturated/α-hetero) is 1. The first-order chi connectivity index (χ1) is 19.6. The van der Waals surface area contributed by atoms with E-state index < -0.39 is 29.4 Å². The predicted octanol–water partition coefficient (Wildman–Crippen LogP) is 6.80. The van der Waals surface area contributed by atoms with E-state index in [1.165, 1.54) is 0 Å². The second-order valence-electron chi connectivity index (χ2n) is 11.8. The maximum Gasteiger partial charge on any atom is 0.330 e. The van der Waals surface area contributed by atoms with Crippen molar-refractivity contribution in [3.8, 4) is 5.75 Å². The summed E-state index contributed by atoms with van der Waals surface area (Å²) in [5.74, 6) is -1.80. The van der Waals surface area contributed by atoms with Crippen molar-refractivity contribution in [2.24, 2.45) is 11.8 Å². The summed E-state index contributed by atoms with van der Waals surface area (Å²) in [4.78, 5) is 44.3. The lowest BCUT2D eigenvalue weighted by Gasteiger charge is -2.40. The van der Waals surface area contributed by atoms with Gasteiger partial charge < -0.3 is 19.2 Å². The summed E-state index contributed by atoms with van der Waals surface area (Å²) in [5.41, 5.74) is 1.13. The fourth-order valence-corrected chi connectivity index (χ4v) is 7.18. The Morgan fingerprint density at radius 2 is 1.63 bits per heavy atom. The Labute approximate surface area is 241 Å². The molecule has 216 valence electrons. The molecule has 1 aliphatic heterocycles. The number of aliphatic carboxylic acids is 1. The van der Waals surface area contributed by atoms with Crippen LogP contribution >= 0.6 is 0 Å². The minimum Gasteiger partial charge on any atom is -0.497 e. The van der Waals surface area contributed by atoms with Crippen molar-refractivity contribution in [1.82, 2.24) is 4.90 Å². The van der Waals surface area contributed by atoms with Crippen molar-refractivity contribution < 1.29 is 28.6 Å². The summed E-state index contributed by atoms with van der Waals surface area (Å²) in [7, 11) is 1.57. The number of amides is 1. The van der Waals surface area contributed by atoms with Gasteiger partial charge in [0.05, 0.1) is 24.6 Å². The fraction of sp³-hybridized carbons (Fsp3) is 0.441. The molecular weight excluding hydrogens is 518 g/mol. The van der Waals surface area contributed by atoms with E-state index in [9.17, 15) is 19.5 Å². The number of carbonyl (C=O) groups excluding carboxylic acids is 2. The molecule has 0 radical (unpaired) electrons. The highest BCUT2D eigenvalue weighted by atomic mass is 16.5. The molecule has 1 saturated heterocycles. The van der Waals surface area contributed by atoms with Crippen molar-refractivity contribution >= 4 is 17.7 Å². The normalized spacial score (nSPS) is 24.8. The molecule has 41 heavy (non-hydrogen) atoms. The lowest BCUT2D eigenvalue weighted by molar-refractivity contribution is -0.160. The van der Waals surface area contributed by atoms with Crippen LogP contribution in [0.1, 0.15) is 89.6 Å². The quantitative estimate of drug-likeness (QED) is 0.321. The number of furan rings is 1. The highest BCUT2D eigenvalue weighted by Crippen LogP contribution is 2.57. The summed E-state index contributed by atoms with van der Waals surface area (Å²) >= 11 is 0. The van der Waals surface area contributed by atoms with Gasteiger partial charge in [-0.1, -0.05) is 61.2 Å². The van der Waals surface area contributed by atoms with E-state index in [-0.39, 0.29) is 17.6 Å². The van der Waals surface area contributed by atoms with Crippen LogP contribution in [-0.4, -0.2) is 40.3 Å². The first-order valence-electron chi connectivity index (χ1n) is 14.5. The van der Waals surface area contributed by atoms with E-state index in [0.717, 1.165) is 43.2 Å². The summed E-state index contributed by atoms with van der Waals surface area (Å²) in [5, 5.41) is 11.0. The van der Waals surface area contributed by atoms with Gasteiger partial charge in [-0.15, -0.1) is 0 Å². The molecule has 1 aliphatic carbocycles. The van der Waals surface area contributed by atoms with Gasteiger partial charge in [-0.05, 0) is 69.9 Å². The number of benzene rings is 2. The number of likely N-dealkylation sites (tertiary alicyclic amines) is 1. The average molecular weight is 558 g/mol. The molecule has 4 atom stereocenters. The van der Waals surface area contributed by atoms with Crippen LogP contribution in [0.5, 0.6) is 5.75 Å². The zero-order chi connectivity index (χ0) is 29.5. The molecular formula is C34H39NO6. The Morgan fingerprint density at radius 3 is 2.20 bits per heavy atom. The van der Waals surface area contributed by atoms with Crippen molar-refractivity contribution in [3.05, 3.63) is 88.4 Å². The lowest BCUT2D eigenvalue weighted by atomic mass is 9.71. The van der Waals surface area contributed by atoms with Crippen molar-refractivity contribution in [2.75, 3.05) is 7.11 Å². The zero-order valence-corrected chi connectivity index (χ0v) is 24.5. The highest BCUT2D eigenvalue weighted by Gasteiger charge is 2.65. The number of carbonyl (C=O) groups is 3. The molecule has 2 fully saturated rings. The molecule has 3 aromatic rings. The maximum atomic E-state index is 14.7. The standard InChI is InChI=1S/C34H39NO6/c1-20-10-9-13-25(18-20)30-28(31(36)27-19-21(2)41-22(27)3)29(23-14-16-26(40-5)17-15-23)34(4,33(38)39)35(30)32(37)24-11-7-6-8-12-24/h9-10,13-19,24,28-30H,6-8,11-12H2,1-5H3,(H,38,39). The minimum absolute atomic E-state index is 0.185. The Balaban J connectivity index is 1.79. The fourth-order valence-electron chi connectivity index (χ4n) is 7.18. The number of nitrogens with zero attached hydrogens (tertiary/aromatic N) is 1. The van der Waals surface area contributed by atoms with Crippen LogP contribution < -0.4 is 4.74 Å². The van der Waals surface area contributed by atoms with Gasteiger partial charge >= 0.3 is 5.97 Å². The zero-order valence-electron chi connectivity index (χ0n) is 24.5. The molecule has 2 aromatic carbocycles. The molecule has 4 unspecified atom stereocenters. The molecule has 7 heteroatoms. The van der Waals surface area contributed by atoms with Crippen LogP contribution in [0, 0.1) is 32.6 Å². The van der Waals surface area contributed by atoms with E-state index in [1.54, 1.807) is 51.0 Å². The number of methoxy groups -OCH3 is 1. The van der Waals surface area contributed by atoms with E-state index in [2.05, 4.69) is 0 Å². The Bertz CT molecular complexity index is 1450. The second-order valence-corrected chi connectivity index (χ2v) is 11.8. The predicted molar refractivity (Wildman–Crippen MR) is 155 cm³/mol. The Morgan fingerprint density at radius 1 is 0.951 bits per heavy atom. The molecule has 0 spiro atoms. The average Bonchev–Trinajstić information content (AvgIpc) is 3.46. The molecule has 5 rings (SSSR count). The minimum atomic E-state index is -1.69. The number of aryl methyl sites for hydroxylation is 3. The number of rotatable bonds is 7. The number of carboxylic acid groups (broad SMARTS) is 1. The number of hydrogen-bond donors (Lipinski definition) is 1. The summed E-state index contributed by atoms with van der Waals surface area (Å²) in [6, 6.07) is 15.9. The Kier molecular flexibility index (Phi) is 7.82. The number of ether oxygens (including phenoxy) is 1. The molecule has 2 heterocycles. The number of hydrogen-bond acceptors (Lipinski definition) is 5. The van der Waals surface area contributed by atoms with Crippen LogP contribution in [-0.2, 0) is 9.59 Å². The van der Waals surface area contributed by atoms with E-state index in [4.69, 9.17) is 9.15 Å². The molecule has 2 aliphatic rings. The molecule has 1 amide bonds. The highest BCUT2D eigenvalue weighted by molar-refractivity contribution is 6.03. The van der Waals surface area contributed by atoms with Gasteiger partial charge in [-0.2, -0.15) is 0 Å². The van der Waals surface area contributed by atoms with Crippen molar-refractivity contribution in [3.63, 3.8) is 0 Å². The van der Waals surface area contributed by atoms with E-state index >= 15 is 0 Å². The largest absolute Gasteiger partial charge is 0.497 e. The monoisotopic (exact) mass is 557 g/mol. The molecule has 1 aromatic heterocycles. The van der Waals surface area contributed by atoms with Crippen LogP contribution in [0.4, 0.5) is 0 Å². The summed E-state index contributed by atoms with van der Waals surface area (Å²) < 4.78 is 11.1. The van der Waals surface area contributed by atoms with Gasteiger partial charge in [-0.3, -0.25) is 9.59 Å². The third-order valence-electron chi connectivity index (χ3n) is 9.18. The number of ketones is 1. The third-order valence-corrected chi connectivity index (χ3v) is 9.18. The summed E-state index contributed by atoms with van der Waals surface area (Å²) in [6.07, 6.45) is 4.37. The lowest BCUT2D eigenvalue weighted by Crippen LogP contribution is -2.55. The number of carboxylic acids is 1. The van der Waals surface area contributed by atoms with Crippen LogP contribution in [0.15, 0.2) is 59.0 Å². The third kappa shape index (κ3) is 4.96. The smallest absolute Gasteiger partial charge is 0.330 e. The van der Waals surface area contributed by atoms with Crippen LogP contribution in [0.3, 0.4) is 0 Å².